The minimum Gasteiger partial charge on any atom is -0.490 e. The van der Waals surface area contributed by atoms with Crippen LogP contribution in [0.1, 0.15) is 56.7 Å². The minimum absolute atomic E-state index is 0.262. The van der Waals surface area contributed by atoms with Gasteiger partial charge in [0, 0.05) is 5.56 Å². The topological polar surface area (TPSA) is 57.1 Å². The Morgan fingerprint density at radius 1 is 1.13 bits per heavy atom. The van der Waals surface area contributed by atoms with Gasteiger partial charge in [-0.25, -0.2) is 9.79 Å². The number of ether oxygens (including phenoxy) is 3. The van der Waals surface area contributed by atoms with Gasteiger partial charge in [0.1, 0.15) is 0 Å². The molecule has 0 saturated carbocycles. The number of nitrogens with zero attached hydrogens (tertiary/aromatic N) is 1. The first kappa shape index (κ1) is 22.3. The highest BCUT2D eigenvalue weighted by molar-refractivity contribution is 14.1. The van der Waals surface area contributed by atoms with Gasteiger partial charge >= 0.3 is 5.97 Å². The summed E-state index contributed by atoms with van der Waals surface area (Å²) in [6.07, 6.45) is 2.63. The first-order chi connectivity index (χ1) is 14.4. The van der Waals surface area contributed by atoms with Gasteiger partial charge in [-0.2, -0.15) is 0 Å². The summed E-state index contributed by atoms with van der Waals surface area (Å²) in [7, 11) is 0. The lowest BCUT2D eigenvalue weighted by Crippen LogP contribution is -2.05. The van der Waals surface area contributed by atoms with E-state index >= 15 is 0 Å². The van der Waals surface area contributed by atoms with E-state index in [1.807, 2.05) is 43.3 Å². The van der Waals surface area contributed by atoms with E-state index in [1.165, 1.54) is 5.56 Å². The van der Waals surface area contributed by atoms with Crippen LogP contribution in [0.25, 0.3) is 6.08 Å². The molecule has 5 nitrogen and oxygen atoms in total. The Bertz CT molecular complexity index is 977. The van der Waals surface area contributed by atoms with Crippen molar-refractivity contribution in [3.05, 3.63) is 62.4 Å². The van der Waals surface area contributed by atoms with Crippen LogP contribution in [-0.4, -0.2) is 25.1 Å². The van der Waals surface area contributed by atoms with Crippen molar-refractivity contribution in [2.45, 2.75) is 40.0 Å². The van der Waals surface area contributed by atoms with Crippen molar-refractivity contribution in [2.75, 3.05) is 13.2 Å². The second kappa shape index (κ2) is 10.1. The van der Waals surface area contributed by atoms with Crippen molar-refractivity contribution in [2.24, 2.45) is 4.99 Å². The molecular weight excluding hydrogens is 493 g/mol. The zero-order chi connectivity index (χ0) is 21.7. The van der Waals surface area contributed by atoms with Crippen molar-refractivity contribution in [3.8, 4) is 11.5 Å². The van der Waals surface area contributed by atoms with E-state index in [4.69, 9.17) is 14.2 Å². The van der Waals surface area contributed by atoms with Crippen LogP contribution in [0.2, 0.25) is 0 Å². The van der Waals surface area contributed by atoms with Crippen molar-refractivity contribution >= 4 is 40.5 Å². The number of aliphatic imine (C=N–C) groups is 1. The molecule has 1 heterocycles. The van der Waals surface area contributed by atoms with Crippen LogP contribution < -0.4 is 9.47 Å². The van der Waals surface area contributed by atoms with Crippen LogP contribution in [0.4, 0.5) is 0 Å². The summed E-state index contributed by atoms with van der Waals surface area (Å²) >= 11 is 2.22. The molecule has 1 aliphatic rings. The number of carbonyl (C=O) groups is 1. The van der Waals surface area contributed by atoms with Crippen molar-refractivity contribution in [1.29, 1.82) is 0 Å². The van der Waals surface area contributed by atoms with E-state index < -0.39 is 5.97 Å². The Labute approximate surface area is 191 Å². The quantitative estimate of drug-likeness (QED) is 0.246. The average Bonchev–Trinajstić information content (AvgIpc) is 3.08. The molecule has 0 atom stereocenters. The molecule has 0 aliphatic carbocycles. The largest absolute Gasteiger partial charge is 0.490 e. The number of halogens is 1. The van der Waals surface area contributed by atoms with Gasteiger partial charge in [-0.15, -0.1) is 0 Å². The normalized spacial score (nSPS) is 14.8. The van der Waals surface area contributed by atoms with Gasteiger partial charge in [0.25, 0.3) is 0 Å². The SMILES string of the molecule is CCCOc1c(I)cc(/C=C2\N=C(c3ccc(C(C)C)cc3)OC2=O)cc1OCC. The van der Waals surface area contributed by atoms with Crippen LogP contribution >= 0.6 is 22.6 Å². The Morgan fingerprint density at radius 3 is 2.50 bits per heavy atom. The Kier molecular flexibility index (Phi) is 7.53. The first-order valence-electron chi connectivity index (χ1n) is 10.1. The van der Waals surface area contributed by atoms with Gasteiger partial charge in [0.2, 0.25) is 5.90 Å². The van der Waals surface area contributed by atoms with E-state index in [0.717, 1.165) is 26.9 Å². The number of hydrogen-bond acceptors (Lipinski definition) is 5. The highest BCUT2D eigenvalue weighted by Crippen LogP contribution is 2.35. The van der Waals surface area contributed by atoms with Gasteiger partial charge in [0.15, 0.2) is 17.2 Å². The molecule has 0 radical (unpaired) electrons. The zero-order valence-electron chi connectivity index (χ0n) is 17.7. The first-order valence-corrected chi connectivity index (χ1v) is 11.2. The lowest BCUT2D eigenvalue weighted by Gasteiger charge is -2.14. The number of hydrogen-bond donors (Lipinski definition) is 0. The standard InChI is InChI=1S/C24H26INO4/c1-5-11-29-22-19(25)12-16(14-21(22)28-6-2)13-20-24(27)30-23(26-20)18-9-7-17(8-10-18)15(3)4/h7-10,12-15H,5-6,11H2,1-4H3/b20-13-. The minimum atomic E-state index is -0.461. The van der Waals surface area contributed by atoms with Crippen LogP contribution in [0.15, 0.2) is 47.1 Å². The molecule has 2 aromatic rings. The maximum Gasteiger partial charge on any atom is 0.363 e. The van der Waals surface area contributed by atoms with Gasteiger partial charge in [0.05, 0.1) is 16.8 Å². The Hall–Kier alpha value is -2.35. The summed E-state index contributed by atoms with van der Waals surface area (Å²) in [5, 5.41) is 0. The molecule has 0 fully saturated rings. The molecule has 0 amide bonds. The van der Waals surface area contributed by atoms with E-state index in [1.54, 1.807) is 6.08 Å². The third-order valence-electron chi connectivity index (χ3n) is 4.53. The number of carbonyl (C=O) groups excluding carboxylic acids is 1. The van der Waals surface area contributed by atoms with E-state index in [2.05, 4.69) is 48.4 Å². The average molecular weight is 519 g/mol. The Morgan fingerprint density at radius 2 is 1.87 bits per heavy atom. The summed E-state index contributed by atoms with van der Waals surface area (Å²) in [5.74, 6) is 1.68. The fraction of sp³-hybridized carbons (Fsp3) is 0.333. The van der Waals surface area contributed by atoms with Crippen molar-refractivity contribution < 1.29 is 19.0 Å². The monoisotopic (exact) mass is 519 g/mol. The zero-order valence-corrected chi connectivity index (χ0v) is 19.9. The highest BCUT2D eigenvalue weighted by atomic mass is 127. The smallest absolute Gasteiger partial charge is 0.363 e. The molecule has 0 bridgehead atoms. The lowest BCUT2D eigenvalue weighted by atomic mass is 10.0. The molecule has 158 valence electrons. The van der Waals surface area contributed by atoms with Crippen molar-refractivity contribution in [3.63, 3.8) is 0 Å². The van der Waals surface area contributed by atoms with Crippen LogP contribution in [0.3, 0.4) is 0 Å². The molecule has 30 heavy (non-hydrogen) atoms. The van der Waals surface area contributed by atoms with E-state index in [9.17, 15) is 4.79 Å². The summed E-state index contributed by atoms with van der Waals surface area (Å²) in [6.45, 7) is 9.40. The number of rotatable bonds is 8. The molecule has 6 heteroatoms. The van der Waals surface area contributed by atoms with Gasteiger partial charge in [-0.1, -0.05) is 32.9 Å². The second-order valence-electron chi connectivity index (χ2n) is 7.22. The molecule has 0 unspecified atom stereocenters. The summed E-state index contributed by atoms with van der Waals surface area (Å²) in [4.78, 5) is 16.8. The summed E-state index contributed by atoms with van der Waals surface area (Å²) in [6, 6.07) is 11.7. The maximum atomic E-state index is 12.4. The van der Waals surface area contributed by atoms with E-state index in [-0.39, 0.29) is 5.70 Å². The summed E-state index contributed by atoms with van der Waals surface area (Å²) in [5.41, 5.74) is 3.07. The van der Waals surface area contributed by atoms with Crippen molar-refractivity contribution in [1.82, 2.24) is 0 Å². The highest BCUT2D eigenvalue weighted by Gasteiger charge is 2.24. The second-order valence-corrected chi connectivity index (χ2v) is 8.39. The fourth-order valence-electron chi connectivity index (χ4n) is 2.98. The number of esters is 1. The molecule has 1 aliphatic heterocycles. The molecule has 2 aromatic carbocycles. The molecule has 0 N–H and O–H groups in total. The molecule has 0 spiro atoms. The Balaban J connectivity index is 1.90. The predicted molar refractivity (Wildman–Crippen MR) is 127 cm³/mol. The van der Waals surface area contributed by atoms with E-state index in [0.29, 0.717) is 30.8 Å². The van der Waals surface area contributed by atoms with Gasteiger partial charge in [-0.3, -0.25) is 0 Å². The fourth-order valence-corrected chi connectivity index (χ4v) is 3.76. The number of cyclic esters (lactones) is 1. The maximum absolute atomic E-state index is 12.4. The third kappa shape index (κ3) is 5.22. The van der Waals surface area contributed by atoms with Crippen LogP contribution in [0.5, 0.6) is 11.5 Å². The molecule has 0 saturated heterocycles. The third-order valence-corrected chi connectivity index (χ3v) is 5.33. The van der Waals surface area contributed by atoms with Crippen LogP contribution in [0, 0.1) is 3.57 Å². The molecule has 0 aromatic heterocycles. The predicted octanol–water partition coefficient (Wildman–Crippen LogP) is 5.95. The van der Waals surface area contributed by atoms with Gasteiger partial charge < -0.3 is 14.2 Å². The molecule has 3 rings (SSSR count). The lowest BCUT2D eigenvalue weighted by molar-refractivity contribution is -0.129. The molecular formula is C24H26INO4. The number of benzene rings is 2. The van der Waals surface area contributed by atoms with Gasteiger partial charge in [-0.05, 0) is 83.3 Å². The van der Waals surface area contributed by atoms with Crippen LogP contribution in [-0.2, 0) is 9.53 Å². The summed E-state index contributed by atoms with van der Waals surface area (Å²) < 4.78 is 17.9.